The Morgan fingerprint density at radius 3 is 2.07 bits per heavy atom. The number of carbonyl (C=O) groups is 1. The molecule has 1 saturated heterocycles. The average molecular weight is 607 g/mol. The van der Waals surface area contributed by atoms with Gasteiger partial charge < -0.3 is 23.7 Å². The molecule has 0 amide bonds. The molecule has 4 rings (SSSR count). The molecule has 1 heterocycles. The molecule has 44 heavy (non-hydrogen) atoms. The van der Waals surface area contributed by atoms with Crippen LogP contribution in [0.2, 0.25) is 0 Å². The SMILES string of the molecule is CCCCOC[C@H]1O[C@@H](c2cccc(C(=O)C3=Cc4ccccc4C3)c2)[C@H](OCCCC)[C@@H](OCCCC)[C@@H]1OCCCC. The van der Waals surface area contributed by atoms with Gasteiger partial charge in [-0.15, -0.1) is 0 Å². The molecule has 0 unspecified atom stereocenters. The van der Waals surface area contributed by atoms with Crippen LogP contribution in [0.4, 0.5) is 0 Å². The summed E-state index contributed by atoms with van der Waals surface area (Å²) in [7, 11) is 0. The number of rotatable bonds is 20. The topological polar surface area (TPSA) is 63.2 Å². The van der Waals surface area contributed by atoms with Crippen LogP contribution in [0.5, 0.6) is 0 Å². The Labute approximate surface area is 265 Å². The highest BCUT2D eigenvalue weighted by atomic mass is 16.6. The molecular weight excluding hydrogens is 552 g/mol. The highest BCUT2D eigenvalue weighted by Crippen LogP contribution is 2.38. The summed E-state index contributed by atoms with van der Waals surface area (Å²) in [5, 5.41) is 0. The third-order valence-corrected chi connectivity index (χ3v) is 8.52. The van der Waals surface area contributed by atoms with Crippen molar-refractivity contribution < 1.29 is 28.5 Å². The molecule has 0 aromatic heterocycles. The number of ketones is 1. The Kier molecular flexibility index (Phi) is 14.6. The van der Waals surface area contributed by atoms with Crippen molar-refractivity contribution in [2.45, 2.75) is 116 Å². The van der Waals surface area contributed by atoms with Crippen LogP contribution in [-0.2, 0) is 30.1 Å². The Bertz CT molecular complexity index is 1180. The van der Waals surface area contributed by atoms with Gasteiger partial charge in [-0.05, 0) is 54.5 Å². The Hall–Kier alpha value is -2.35. The number of allylic oxidation sites excluding steroid dienone is 1. The molecule has 2 aromatic carbocycles. The second-order valence-electron chi connectivity index (χ2n) is 12.1. The zero-order chi connectivity index (χ0) is 31.1. The summed E-state index contributed by atoms with van der Waals surface area (Å²) in [4.78, 5) is 13.7. The van der Waals surface area contributed by atoms with E-state index in [-0.39, 0.29) is 30.2 Å². The van der Waals surface area contributed by atoms with Gasteiger partial charge in [0.05, 0.1) is 6.61 Å². The van der Waals surface area contributed by atoms with Gasteiger partial charge in [0.1, 0.15) is 30.5 Å². The summed E-state index contributed by atoms with van der Waals surface area (Å²) in [6, 6.07) is 16.1. The van der Waals surface area contributed by atoms with Gasteiger partial charge in [0.15, 0.2) is 5.78 Å². The highest BCUT2D eigenvalue weighted by molar-refractivity contribution is 6.12. The minimum Gasteiger partial charge on any atom is -0.379 e. The molecule has 6 heteroatoms. The molecule has 0 radical (unpaired) electrons. The lowest BCUT2D eigenvalue weighted by atomic mass is 9.89. The fourth-order valence-corrected chi connectivity index (χ4v) is 5.90. The smallest absolute Gasteiger partial charge is 0.189 e. The van der Waals surface area contributed by atoms with E-state index >= 15 is 0 Å². The lowest BCUT2D eigenvalue weighted by molar-refractivity contribution is -0.268. The first-order valence-electron chi connectivity index (χ1n) is 17.1. The van der Waals surface area contributed by atoms with E-state index in [4.69, 9.17) is 23.7 Å². The van der Waals surface area contributed by atoms with E-state index in [2.05, 4.69) is 39.8 Å². The maximum Gasteiger partial charge on any atom is 0.189 e. The van der Waals surface area contributed by atoms with Gasteiger partial charge in [0.2, 0.25) is 0 Å². The molecular formula is C38H54O6. The van der Waals surface area contributed by atoms with Gasteiger partial charge in [0.25, 0.3) is 0 Å². The number of ether oxygens (including phenoxy) is 5. The number of fused-ring (bicyclic) bond motifs is 1. The summed E-state index contributed by atoms with van der Waals surface area (Å²) in [5.41, 5.74) is 4.72. The van der Waals surface area contributed by atoms with Crippen LogP contribution < -0.4 is 0 Å². The minimum absolute atomic E-state index is 0.0540. The summed E-state index contributed by atoms with van der Waals surface area (Å²) in [6.45, 7) is 11.7. The van der Waals surface area contributed by atoms with Crippen molar-refractivity contribution in [3.8, 4) is 0 Å². The molecule has 0 bridgehead atoms. The molecule has 242 valence electrons. The number of hydrogen-bond acceptors (Lipinski definition) is 6. The molecule has 1 aliphatic heterocycles. The molecule has 0 spiro atoms. The van der Waals surface area contributed by atoms with Gasteiger partial charge >= 0.3 is 0 Å². The quantitative estimate of drug-likeness (QED) is 0.112. The van der Waals surface area contributed by atoms with E-state index in [0.717, 1.165) is 68.1 Å². The third-order valence-electron chi connectivity index (χ3n) is 8.52. The first-order chi connectivity index (χ1) is 21.6. The zero-order valence-corrected chi connectivity index (χ0v) is 27.4. The van der Waals surface area contributed by atoms with Gasteiger partial charge in [-0.25, -0.2) is 0 Å². The van der Waals surface area contributed by atoms with Gasteiger partial charge in [0, 0.05) is 44.0 Å². The largest absolute Gasteiger partial charge is 0.379 e. The number of carbonyl (C=O) groups excluding carboxylic acids is 1. The van der Waals surface area contributed by atoms with Crippen LogP contribution in [0.1, 0.15) is 112 Å². The Morgan fingerprint density at radius 1 is 0.750 bits per heavy atom. The van der Waals surface area contributed by atoms with Crippen molar-refractivity contribution >= 4 is 11.9 Å². The predicted molar refractivity (Wildman–Crippen MR) is 176 cm³/mol. The molecule has 0 saturated carbocycles. The van der Waals surface area contributed by atoms with Crippen LogP contribution in [0, 0.1) is 0 Å². The van der Waals surface area contributed by atoms with Crippen molar-refractivity contribution in [3.63, 3.8) is 0 Å². The number of benzene rings is 2. The second-order valence-corrected chi connectivity index (χ2v) is 12.1. The second kappa shape index (κ2) is 18.6. The first-order valence-corrected chi connectivity index (χ1v) is 17.1. The number of unbranched alkanes of at least 4 members (excludes halogenated alkanes) is 4. The van der Waals surface area contributed by atoms with Crippen LogP contribution in [0.15, 0.2) is 54.1 Å². The monoisotopic (exact) mass is 606 g/mol. The normalized spacial score (nSPS) is 23.0. The van der Waals surface area contributed by atoms with Crippen LogP contribution in [0.25, 0.3) is 6.08 Å². The van der Waals surface area contributed by atoms with Gasteiger partial charge in [-0.1, -0.05) is 95.8 Å². The maximum absolute atomic E-state index is 13.7. The average Bonchev–Trinajstić information content (AvgIpc) is 3.49. The van der Waals surface area contributed by atoms with Crippen molar-refractivity contribution in [1.29, 1.82) is 0 Å². The summed E-state index contributed by atoms with van der Waals surface area (Å²) in [5.74, 6) is 0.0540. The van der Waals surface area contributed by atoms with Gasteiger partial charge in [-0.2, -0.15) is 0 Å². The van der Waals surface area contributed by atoms with E-state index in [1.807, 2.05) is 42.5 Å². The summed E-state index contributed by atoms with van der Waals surface area (Å²) in [6.07, 6.45) is 9.01. The first kappa shape index (κ1) is 34.5. The number of hydrogen-bond donors (Lipinski definition) is 0. The maximum atomic E-state index is 13.7. The number of Topliss-reactive ketones (excluding diaryl/α,β-unsaturated/α-hetero) is 1. The molecule has 5 atom stereocenters. The van der Waals surface area contributed by atoms with E-state index < -0.39 is 6.10 Å². The standard InChI is InChI=1S/C38H54O6/c1-5-9-20-40-27-33-36(41-21-10-6-2)38(43-23-12-8-4)37(42-22-11-7-3)35(44-33)31-19-15-18-30(26-31)34(39)32-24-28-16-13-14-17-29(28)25-32/h13-19,24,26,33,35-38H,5-12,20-23,25,27H2,1-4H3/t33-,35+,36-,37+,38+/m1/s1. The fraction of sp³-hybridized carbons (Fsp3) is 0.605. The Balaban J connectivity index is 1.65. The summed E-state index contributed by atoms with van der Waals surface area (Å²) >= 11 is 0. The van der Waals surface area contributed by atoms with Crippen molar-refractivity contribution in [1.82, 2.24) is 0 Å². The fourth-order valence-electron chi connectivity index (χ4n) is 5.90. The molecule has 6 nitrogen and oxygen atoms in total. The van der Waals surface area contributed by atoms with Crippen LogP contribution >= 0.6 is 0 Å². The lowest BCUT2D eigenvalue weighted by Crippen LogP contribution is -2.58. The molecule has 2 aliphatic rings. The highest BCUT2D eigenvalue weighted by Gasteiger charge is 2.48. The van der Waals surface area contributed by atoms with Crippen LogP contribution in [0.3, 0.4) is 0 Å². The van der Waals surface area contributed by atoms with Crippen molar-refractivity contribution in [3.05, 3.63) is 76.4 Å². The predicted octanol–water partition coefficient (Wildman–Crippen LogP) is 8.32. The molecule has 0 N–H and O–H groups in total. The van der Waals surface area contributed by atoms with Gasteiger partial charge in [-0.3, -0.25) is 4.79 Å². The van der Waals surface area contributed by atoms with E-state index in [1.165, 1.54) is 5.56 Å². The van der Waals surface area contributed by atoms with Crippen molar-refractivity contribution in [2.75, 3.05) is 33.0 Å². The molecule has 1 aliphatic carbocycles. The summed E-state index contributed by atoms with van der Waals surface area (Å²) < 4.78 is 32.9. The lowest BCUT2D eigenvalue weighted by Gasteiger charge is -2.46. The van der Waals surface area contributed by atoms with E-state index in [0.29, 0.717) is 45.0 Å². The van der Waals surface area contributed by atoms with Crippen LogP contribution in [-0.4, -0.2) is 63.2 Å². The zero-order valence-electron chi connectivity index (χ0n) is 27.4. The third kappa shape index (κ3) is 9.34. The van der Waals surface area contributed by atoms with E-state index in [1.54, 1.807) is 0 Å². The molecule has 2 aromatic rings. The Morgan fingerprint density at radius 2 is 1.39 bits per heavy atom. The van der Waals surface area contributed by atoms with E-state index in [9.17, 15) is 4.79 Å². The minimum atomic E-state index is -0.424. The van der Waals surface area contributed by atoms with Crippen molar-refractivity contribution in [2.24, 2.45) is 0 Å². The molecule has 1 fully saturated rings.